The van der Waals surface area contributed by atoms with Crippen LogP contribution in [-0.2, 0) is 24.3 Å². The molecule has 0 aliphatic heterocycles. The summed E-state index contributed by atoms with van der Waals surface area (Å²) in [5, 5.41) is 5.49. The number of nitrogens with zero attached hydrogens (tertiary/aromatic N) is 3. The van der Waals surface area contributed by atoms with Gasteiger partial charge in [-0.15, -0.1) is 0 Å². The van der Waals surface area contributed by atoms with Gasteiger partial charge in [0.05, 0.1) is 22.9 Å². The number of benzene rings is 1. The van der Waals surface area contributed by atoms with Gasteiger partial charge in [0, 0.05) is 37.1 Å². The van der Waals surface area contributed by atoms with Crippen molar-refractivity contribution in [2.45, 2.75) is 32.9 Å². The predicted octanol–water partition coefficient (Wildman–Crippen LogP) is 3.74. The summed E-state index contributed by atoms with van der Waals surface area (Å²) in [6.45, 7) is 3.39. The molecule has 6 heteroatoms. The minimum atomic E-state index is 0.135. The standard InChI is InChI=1S/C18H21BrN4O/c1-3-23-17(15(19)11-21-23)12-22(2)18(24)9-8-13-10-20-16-7-5-4-6-14(13)16/h4-7,10-11,20H,3,8-9,12H2,1-2H3. The van der Waals surface area contributed by atoms with E-state index in [-0.39, 0.29) is 5.91 Å². The molecule has 1 aromatic carbocycles. The summed E-state index contributed by atoms with van der Waals surface area (Å²) in [4.78, 5) is 17.5. The number of aryl methyl sites for hydroxylation is 2. The third kappa shape index (κ3) is 3.38. The average molecular weight is 389 g/mol. The largest absolute Gasteiger partial charge is 0.361 e. The Balaban J connectivity index is 1.63. The van der Waals surface area contributed by atoms with Crippen LogP contribution < -0.4 is 0 Å². The van der Waals surface area contributed by atoms with E-state index in [9.17, 15) is 4.79 Å². The molecule has 126 valence electrons. The number of rotatable bonds is 6. The van der Waals surface area contributed by atoms with Gasteiger partial charge in [-0.1, -0.05) is 18.2 Å². The molecular formula is C18H21BrN4O. The van der Waals surface area contributed by atoms with E-state index in [1.54, 1.807) is 11.1 Å². The molecule has 24 heavy (non-hydrogen) atoms. The van der Waals surface area contributed by atoms with E-state index in [4.69, 9.17) is 0 Å². The number of amides is 1. The van der Waals surface area contributed by atoms with Crippen molar-refractivity contribution in [1.82, 2.24) is 19.7 Å². The fourth-order valence-electron chi connectivity index (χ4n) is 2.90. The maximum atomic E-state index is 12.5. The zero-order valence-electron chi connectivity index (χ0n) is 13.9. The molecule has 0 saturated heterocycles. The summed E-state index contributed by atoms with van der Waals surface area (Å²) in [5.41, 5.74) is 3.33. The van der Waals surface area contributed by atoms with Crippen LogP contribution in [0, 0.1) is 0 Å². The number of hydrogen-bond acceptors (Lipinski definition) is 2. The first-order valence-electron chi connectivity index (χ1n) is 8.09. The van der Waals surface area contributed by atoms with E-state index in [0.717, 1.165) is 28.6 Å². The molecule has 5 nitrogen and oxygen atoms in total. The molecule has 0 spiro atoms. The second-order valence-corrected chi connectivity index (χ2v) is 6.72. The lowest BCUT2D eigenvalue weighted by molar-refractivity contribution is -0.130. The van der Waals surface area contributed by atoms with Crippen LogP contribution in [-0.4, -0.2) is 32.6 Å². The van der Waals surface area contributed by atoms with E-state index in [1.165, 1.54) is 10.9 Å². The highest BCUT2D eigenvalue weighted by atomic mass is 79.9. The second kappa shape index (κ2) is 7.21. The van der Waals surface area contributed by atoms with Crippen LogP contribution >= 0.6 is 15.9 Å². The highest BCUT2D eigenvalue weighted by Gasteiger charge is 2.15. The van der Waals surface area contributed by atoms with Crippen molar-refractivity contribution in [3.8, 4) is 0 Å². The van der Waals surface area contributed by atoms with E-state index in [0.29, 0.717) is 13.0 Å². The van der Waals surface area contributed by atoms with Crippen LogP contribution in [0.3, 0.4) is 0 Å². The van der Waals surface area contributed by atoms with Crippen molar-refractivity contribution in [3.63, 3.8) is 0 Å². The number of nitrogens with one attached hydrogen (secondary N) is 1. The number of fused-ring (bicyclic) bond motifs is 1. The molecule has 0 saturated carbocycles. The highest BCUT2D eigenvalue weighted by molar-refractivity contribution is 9.10. The Morgan fingerprint density at radius 2 is 2.17 bits per heavy atom. The van der Waals surface area contributed by atoms with Crippen molar-refractivity contribution in [2.24, 2.45) is 0 Å². The maximum Gasteiger partial charge on any atom is 0.222 e. The predicted molar refractivity (Wildman–Crippen MR) is 98.7 cm³/mol. The van der Waals surface area contributed by atoms with Gasteiger partial charge in [0.15, 0.2) is 0 Å². The fraction of sp³-hybridized carbons (Fsp3) is 0.333. The number of para-hydroxylation sites is 1. The molecule has 0 atom stereocenters. The number of halogens is 1. The number of carbonyl (C=O) groups excluding carboxylic acids is 1. The molecule has 0 radical (unpaired) electrons. The summed E-state index contributed by atoms with van der Waals surface area (Å²) in [5.74, 6) is 0.135. The van der Waals surface area contributed by atoms with E-state index in [2.05, 4.69) is 38.1 Å². The first-order valence-corrected chi connectivity index (χ1v) is 8.88. The second-order valence-electron chi connectivity index (χ2n) is 5.86. The molecule has 2 heterocycles. The molecule has 1 N–H and O–H groups in total. The fourth-order valence-corrected chi connectivity index (χ4v) is 3.32. The molecule has 0 fully saturated rings. The molecule has 1 amide bonds. The summed E-state index contributed by atoms with van der Waals surface area (Å²) in [6.07, 6.45) is 5.02. The highest BCUT2D eigenvalue weighted by Crippen LogP contribution is 2.20. The summed E-state index contributed by atoms with van der Waals surface area (Å²) < 4.78 is 2.86. The lowest BCUT2D eigenvalue weighted by atomic mass is 10.1. The van der Waals surface area contributed by atoms with Crippen LogP contribution in [0.5, 0.6) is 0 Å². The van der Waals surface area contributed by atoms with Crippen molar-refractivity contribution < 1.29 is 4.79 Å². The van der Waals surface area contributed by atoms with E-state index >= 15 is 0 Å². The normalized spacial score (nSPS) is 11.1. The van der Waals surface area contributed by atoms with E-state index < -0.39 is 0 Å². The first-order chi connectivity index (χ1) is 11.6. The molecule has 3 rings (SSSR count). The smallest absolute Gasteiger partial charge is 0.222 e. The van der Waals surface area contributed by atoms with Gasteiger partial charge < -0.3 is 9.88 Å². The molecule has 0 aliphatic carbocycles. The van der Waals surface area contributed by atoms with Gasteiger partial charge >= 0.3 is 0 Å². The Labute approximate surface area is 149 Å². The quantitative estimate of drug-likeness (QED) is 0.699. The van der Waals surface area contributed by atoms with Crippen molar-refractivity contribution >= 4 is 32.7 Å². The topological polar surface area (TPSA) is 53.9 Å². The van der Waals surface area contributed by atoms with Gasteiger partial charge in [0.1, 0.15) is 0 Å². The monoisotopic (exact) mass is 388 g/mol. The Hall–Kier alpha value is -2.08. The molecule has 3 aromatic rings. The maximum absolute atomic E-state index is 12.5. The number of carbonyl (C=O) groups is 1. The van der Waals surface area contributed by atoms with Gasteiger partial charge in [0.2, 0.25) is 5.91 Å². The number of aromatic nitrogens is 3. The van der Waals surface area contributed by atoms with E-state index in [1.807, 2.05) is 37.0 Å². The van der Waals surface area contributed by atoms with Gasteiger partial charge in [-0.2, -0.15) is 5.10 Å². The Morgan fingerprint density at radius 1 is 1.38 bits per heavy atom. The van der Waals surface area contributed by atoms with Crippen molar-refractivity contribution in [1.29, 1.82) is 0 Å². The summed E-state index contributed by atoms with van der Waals surface area (Å²) in [6, 6.07) is 8.18. The number of hydrogen-bond donors (Lipinski definition) is 1. The zero-order valence-corrected chi connectivity index (χ0v) is 15.5. The lowest BCUT2D eigenvalue weighted by Gasteiger charge is -2.18. The van der Waals surface area contributed by atoms with Gasteiger partial charge in [0.25, 0.3) is 0 Å². The molecule has 0 bridgehead atoms. The Kier molecular flexibility index (Phi) is 5.04. The third-order valence-electron chi connectivity index (χ3n) is 4.29. The van der Waals surface area contributed by atoms with Crippen molar-refractivity contribution in [3.05, 3.63) is 52.4 Å². The average Bonchev–Trinajstić information content (AvgIpc) is 3.16. The first kappa shape index (κ1) is 16.8. The lowest BCUT2D eigenvalue weighted by Crippen LogP contribution is -2.27. The van der Waals surface area contributed by atoms with Crippen molar-refractivity contribution in [2.75, 3.05) is 7.05 Å². The van der Waals surface area contributed by atoms with Crippen LogP contribution in [0.1, 0.15) is 24.6 Å². The Bertz CT molecular complexity index is 852. The summed E-state index contributed by atoms with van der Waals surface area (Å²) in [7, 11) is 1.84. The Morgan fingerprint density at radius 3 is 2.96 bits per heavy atom. The van der Waals surface area contributed by atoms with Crippen LogP contribution in [0.25, 0.3) is 10.9 Å². The zero-order chi connectivity index (χ0) is 17.1. The minimum absolute atomic E-state index is 0.135. The SMILES string of the molecule is CCn1ncc(Br)c1CN(C)C(=O)CCc1c[nH]c2ccccc12. The number of H-pyrrole nitrogens is 1. The van der Waals surface area contributed by atoms with Crippen LogP contribution in [0.4, 0.5) is 0 Å². The van der Waals surface area contributed by atoms with Gasteiger partial charge in [-0.3, -0.25) is 9.48 Å². The van der Waals surface area contributed by atoms with Crippen LogP contribution in [0.2, 0.25) is 0 Å². The third-order valence-corrected chi connectivity index (χ3v) is 4.96. The molecule has 2 aromatic heterocycles. The van der Waals surface area contributed by atoms with Gasteiger partial charge in [-0.25, -0.2) is 0 Å². The molecule has 0 unspecified atom stereocenters. The molecule has 0 aliphatic rings. The molecular weight excluding hydrogens is 368 g/mol. The van der Waals surface area contributed by atoms with Crippen LogP contribution in [0.15, 0.2) is 41.1 Å². The minimum Gasteiger partial charge on any atom is -0.361 e. The number of aromatic amines is 1. The van der Waals surface area contributed by atoms with Gasteiger partial charge in [-0.05, 0) is 40.9 Å². The summed E-state index contributed by atoms with van der Waals surface area (Å²) >= 11 is 3.51.